The van der Waals surface area contributed by atoms with E-state index in [0.29, 0.717) is 59.9 Å². The molecule has 0 spiro atoms. The fourth-order valence-corrected chi connectivity index (χ4v) is 5.83. The van der Waals surface area contributed by atoms with Gasteiger partial charge in [-0.05, 0) is 85.3 Å². The number of rotatable bonds is 6. The Morgan fingerprint density at radius 1 is 1.00 bits per heavy atom. The number of carbonyl (C=O) groups is 3. The molecule has 3 amide bonds. The predicted molar refractivity (Wildman–Crippen MR) is 161 cm³/mol. The first-order valence-corrected chi connectivity index (χ1v) is 14.3. The van der Waals surface area contributed by atoms with Gasteiger partial charge in [0.05, 0.1) is 5.69 Å². The van der Waals surface area contributed by atoms with E-state index in [9.17, 15) is 14.4 Å². The van der Waals surface area contributed by atoms with Gasteiger partial charge < -0.3 is 20.3 Å². The maximum Gasteiger partial charge on any atom is 0.260 e. The lowest BCUT2D eigenvalue weighted by Crippen LogP contribution is -2.46. The lowest BCUT2D eigenvalue weighted by Gasteiger charge is -2.31. The van der Waals surface area contributed by atoms with E-state index in [0.717, 1.165) is 24.2 Å². The number of hydrogen-bond donors (Lipinski definition) is 2. The molecule has 214 valence electrons. The van der Waals surface area contributed by atoms with Crippen LogP contribution < -0.4 is 15.5 Å². The lowest BCUT2D eigenvalue weighted by molar-refractivity contribution is -0.132. The van der Waals surface area contributed by atoms with Crippen LogP contribution in [0.15, 0.2) is 66.7 Å². The third kappa shape index (κ3) is 6.45. The normalized spacial score (nSPS) is 18.8. The van der Waals surface area contributed by atoms with Crippen molar-refractivity contribution in [2.45, 2.75) is 38.3 Å². The standard InChI is InChI=1S/C32H35ClN4O4/c1-21-5-3-4-6-26(21)31(39)35-25-11-7-22(8-12-25)32(40)37-28-13-10-24(33)20-27(28)23(9-14-30(37)41-2)19-29(38)36-17-15-34-16-18-36/h3-8,10-13,20,23,30,34H,9,14-19H2,1-2H3,(H,35,39). The second kappa shape index (κ2) is 12.9. The highest BCUT2D eigenvalue weighted by atomic mass is 35.5. The molecule has 2 unspecified atom stereocenters. The molecule has 5 rings (SSSR count). The molecule has 2 atom stereocenters. The third-order valence-corrected chi connectivity index (χ3v) is 8.14. The fourth-order valence-electron chi connectivity index (χ4n) is 5.65. The number of nitrogens with zero attached hydrogens (tertiary/aromatic N) is 2. The van der Waals surface area contributed by atoms with Crippen molar-refractivity contribution >= 4 is 40.7 Å². The van der Waals surface area contributed by atoms with Crippen molar-refractivity contribution in [3.05, 3.63) is 94.0 Å². The Morgan fingerprint density at radius 2 is 1.73 bits per heavy atom. The number of hydrogen-bond acceptors (Lipinski definition) is 5. The number of benzene rings is 3. The lowest BCUT2D eigenvalue weighted by atomic mass is 9.90. The molecule has 8 nitrogen and oxygen atoms in total. The van der Waals surface area contributed by atoms with E-state index < -0.39 is 6.23 Å². The summed E-state index contributed by atoms with van der Waals surface area (Å²) >= 11 is 6.44. The number of carbonyl (C=O) groups excluding carboxylic acids is 3. The minimum atomic E-state index is -0.512. The molecule has 2 aliphatic heterocycles. The van der Waals surface area contributed by atoms with Gasteiger partial charge in [-0.25, -0.2) is 0 Å². The van der Waals surface area contributed by atoms with E-state index in [1.807, 2.05) is 42.2 Å². The van der Waals surface area contributed by atoms with Gasteiger partial charge in [0, 0.05) is 61.5 Å². The summed E-state index contributed by atoms with van der Waals surface area (Å²) in [6, 6.07) is 19.7. The summed E-state index contributed by atoms with van der Waals surface area (Å²) < 4.78 is 5.83. The van der Waals surface area contributed by atoms with Crippen molar-refractivity contribution in [1.29, 1.82) is 0 Å². The molecule has 0 bridgehead atoms. The molecule has 41 heavy (non-hydrogen) atoms. The molecule has 2 heterocycles. The van der Waals surface area contributed by atoms with Gasteiger partial charge in [-0.2, -0.15) is 0 Å². The molecular formula is C32H35ClN4O4. The number of methoxy groups -OCH3 is 1. The minimum Gasteiger partial charge on any atom is -0.361 e. The van der Waals surface area contributed by atoms with Crippen LogP contribution in [0.4, 0.5) is 11.4 Å². The van der Waals surface area contributed by atoms with Gasteiger partial charge in [-0.1, -0.05) is 29.8 Å². The molecule has 2 aliphatic rings. The summed E-state index contributed by atoms with van der Waals surface area (Å²) in [5.41, 5.74) is 4.09. The quantitative estimate of drug-likeness (QED) is 0.421. The monoisotopic (exact) mass is 574 g/mol. The summed E-state index contributed by atoms with van der Waals surface area (Å²) in [4.78, 5) is 43.5. The third-order valence-electron chi connectivity index (χ3n) is 7.90. The average Bonchev–Trinajstić information content (AvgIpc) is 3.14. The number of nitrogens with one attached hydrogen (secondary N) is 2. The summed E-state index contributed by atoms with van der Waals surface area (Å²) in [7, 11) is 1.59. The summed E-state index contributed by atoms with van der Waals surface area (Å²) in [5, 5.41) is 6.74. The summed E-state index contributed by atoms with van der Waals surface area (Å²) in [6.45, 7) is 4.87. The zero-order valence-corrected chi connectivity index (χ0v) is 24.1. The molecular weight excluding hydrogens is 540 g/mol. The maximum absolute atomic E-state index is 14.0. The van der Waals surface area contributed by atoms with Crippen LogP contribution in [0, 0.1) is 6.92 Å². The van der Waals surface area contributed by atoms with Gasteiger partial charge >= 0.3 is 0 Å². The Balaban J connectivity index is 1.39. The summed E-state index contributed by atoms with van der Waals surface area (Å²) in [6.07, 6.45) is 1.08. The van der Waals surface area contributed by atoms with Crippen LogP contribution in [-0.2, 0) is 9.53 Å². The second-order valence-corrected chi connectivity index (χ2v) is 11.0. The second-order valence-electron chi connectivity index (χ2n) is 10.5. The van der Waals surface area contributed by atoms with Crippen molar-refractivity contribution < 1.29 is 19.1 Å². The zero-order chi connectivity index (χ0) is 28.9. The van der Waals surface area contributed by atoms with Crippen LogP contribution in [0.5, 0.6) is 0 Å². The van der Waals surface area contributed by atoms with Gasteiger partial charge in [-0.3, -0.25) is 19.3 Å². The van der Waals surface area contributed by atoms with Crippen molar-refractivity contribution in [1.82, 2.24) is 10.2 Å². The molecule has 3 aromatic carbocycles. The van der Waals surface area contributed by atoms with Crippen LogP contribution in [0.2, 0.25) is 5.02 Å². The van der Waals surface area contributed by atoms with Gasteiger partial charge in [0.15, 0.2) is 0 Å². The molecule has 2 N–H and O–H groups in total. The number of amides is 3. The first-order chi connectivity index (χ1) is 19.9. The van der Waals surface area contributed by atoms with Crippen LogP contribution in [0.3, 0.4) is 0 Å². The van der Waals surface area contributed by atoms with Crippen LogP contribution in [-0.4, -0.2) is 62.1 Å². The number of halogens is 1. The molecule has 1 fully saturated rings. The van der Waals surface area contributed by atoms with Crippen molar-refractivity contribution in [2.75, 3.05) is 43.5 Å². The Bertz CT molecular complexity index is 1420. The average molecular weight is 575 g/mol. The van der Waals surface area contributed by atoms with Crippen molar-refractivity contribution in [3.8, 4) is 0 Å². The topological polar surface area (TPSA) is 91.0 Å². The smallest absolute Gasteiger partial charge is 0.260 e. The fraction of sp³-hybridized carbons (Fsp3) is 0.344. The van der Waals surface area contributed by atoms with Gasteiger partial charge in [0.1, 0.15) is 6.23 Å². The van der Waals surface area contributed by atoms with E-state index in [1.54, 1.807) is 48.4 Å². The first kappa shape index (κ1) is 28.8. The van der Waals surface area contributed by atoms with E-state index in [-0.39, 0.29) is 23.6 Å². The van der Waals surface area contributed by atoms with Crippen LogP contribution >= 0.6 is 11.6 Å². The van der Waals surface area contributed by atoms with Gasteiger partial charge in [0.2, 0.25) is 5.91 Å². The largest absolute Gasteiger partial charge is 0.361 e. The highest BCUT2D eigenvalue weighted by molar-refractivity contribution is 6.30. The summed E-state index contributed by atoms with van der Waals surface area (Å²) in [5.74, 6) is -0.423. The molecule has 0 aliphatic carbocycles. The SMILES string of the molecule is COC1CCC(CC(=O)N2CCNCC2)c2cc(Cl)ccc2N1C(=O)c1ccc(NC(=O)c2ccccc2C)cc1. The molecule has 0 radical (unpaired) electrons. The van der Waals surface area contributed by atoms with Gasteiger partial charge in [-0.15, -0.1) is 0 Å². The molecule has 1 saturated heterocycles. The van der Waals surface area contributed by atoms with E-state index in [1.165, 1.54) is 0 Å². The number of ether oxygens (including phenoxy) is 1. The van der Waals surface area contributed by atoms with Gasteiger partial charge in [0.25, 0.3) is 11.8 Å². The Morgan fingerprint density at radius 3 is 2.44 bits per heavy atom. The molecule has 3 aromatic rings. The highest BCUT2D eigenvalue weighted by Crippen LogP contribution is 2.41. The molecule has 0 aromatic heterocycles. The Hall–Kier alpha value is -3.72. The van der Waals surface area contributed by atoms with E-state index >= 15 is 0 Å². The van der Waals surface area contributed by atoms with Crippen LogP contribution in [0.25, 0.3) is 0 Å². The zero-order valence-electron chi connectivity index (χ0n) is 23.4. The minimum absolute atomic E-state index is 0.0967. The predicted octanol–water partition coefficient (Wildman–Crippen LogP) is 5.22. The van der Waals surface area contributed by atoms with Crippen molar-refractivity contribution in [3.63, 3.8) is 0 Å². The molecule has 0 saturated carbocycles. The van der Waals surface area contributed by atoms with E-state index in [4.69, 9.17) is 16.3 Å². The van der Waals surface area contributed by atoms with Crippen LogP contribution in [0.1, 0.15) is 57.0 Å². The molecule has 9 heteroatoms. The number of aryl methyl sites for hydroxylation is 1. The number of piperazine rings is 1. The Kier molecular flexibility index (Phi) is 9.03. The number of anilines is 2. The maximum atomic E-state index is 14.0. The highest BCUT2D eigenvalue weighted by Gasteiger charge is 2.35. The van der Waals surface area contributed by atoms with Crippen molar-refractivity contribution in [2.24, 2.45) is 0 Å². The Labute approximate surface area is 245 Å². The number of fused-ring (bicyclic) bond motifs is 1. The first-order valence-electron chi connectivity index (χ1n) is 14.0. The van der Waals surface area contributed by atoms with E-state index in [2.05, 4.69) is 10.6 Å².